The van der Waals surface area contributed by atoms with E-state index >= 15 is 0 Å². The minimum Gasteiger partial charge on any atom is -0.489 e. The summed E-state index contributed by atoms with van der Waals surface area (Å²) in [7, 11) is 3.45. The van der Waals surface area contributed by atoms with E-state index in [-0.39, 0.29) is 42.3 Å². The van der Waals surface area contributed by atoms with Crippen molar-refractivity contribution >= 4 is 17.7 Å². The van der Waals surface area contributed by atoms with Crippen LogP contribution in [0.25, 0.3) is 0 Å². The normalized spacial score (nSPS) is 17.8. The third kappa shape index (κ3) is 8.90. The Balaban J connectivity index is 1.64. The van der Waals surface area contributed by atoms with E-state index in [1.807, 2.05) is 20.8 Å². The topological polar surface area (TPSA) is 109 Å². The van der Waals surface area contributed by atoms with E-state index < -0.39 is 35.5 Å². The van der Waals surface area contributed by atoms with E-state index in [1.54, 1.807) is 60.0 Å². The Hall–Kier alpha value is -4.32. The number of aryl methyl sites for hydroxylation is 1. The number of benzene rings is 2. The van der Waals surface area contributed by atoms with Gasteiger partial charge in [0.25, 0.3) is 5.91 Å². The second-order valence-electron chi connectivity index (χ2n) is 12.9. The molecule has 1 aromatic heterocycles. The van der Waals surface area contributed by atoms with Crippen molar-refractivity contribution in [2.24, 2.45) is 12.5 Å². The van der Waals surface area contributed by atoms with Gasteiger partial charge in [0, 0.05) is 32.8 Å². The molecular weight excluding hydrogens is 594 g/mol. The first-order chi connectivity index (χ1) is 21.7. The lowest BCUT2D eigenvalue weighted by atomic mass is 9.85. The molecule has 1 aliphatic heterocycles. The molecule has 3 amide bonds. The number of hydrogen-bond donors (Lipinski definition) is 2. The number of nitrogens with one attached hydrogen (secondary N) is 2. The number of likely N-dealkylation sites (tertiary alicyclic amines) is 1. The Bertz CT molecular complexity index is 1490. The third-order valence-corrected chi connectivity index (χ3v) is 8.23. The Morgan fingerprint density at radius 1 is 1.07 bits per heavy atom. The standard InChI is InChI=1S/C34H44F2N6O4/c1-22(37-5)31(43)39-30(34(2,3)4)33(45)42-19-28(46-27-13-11-25(36)12-14-27)17-26(42)18-41(32(44)29-20-40(6)21-38-29)16-15-23-7-9-24(35)10-8-23/h7-14,20-22,26,28,30,37H,15-19H2,1-6H3,(H,39,43). The molecule has 2 N–H and O–H groups in total. The SMILES string of the molecule is CNC(C)C(=O)NC(C(=O)N1CC(Oc2ccc(F)cc2)CC1CN(CCc1ccc(F)cc1)C(=O)c1cn(C)cn1)C(C)(C)C. The van der Waals surface area contributed by atoms with Gasteiger partial charge in [0.2, 0.25) is 11.8 Å². The summed E-state index contributed by atoms with van der Waals surface area (Å²) in [6, 6.07) is 9.96. The van der Waals surface area contributed by atoms with E-state index in [0.717, 1.165) is 5.56 Å². The molecule has 0 radical (unpaired) electrons. The van der Waals surface area contributed by atoms with E-state index in [1.165, 1.54) is 36.4 Å². The predicted molar refractivity (Wildman–Crippen MR) is 170 cm³/mol. The zero-order valence-corrected chi connectivity index (χ0v) is 27.3. The monoisotopic (exact) mass is 638 g/mol. The van der Waals surface area contributed by atoms with Crippen molar-refractivity contribution in [2.75, 3.05) is 26.7 Å². The number of aromatic nitrogens is 2. The molecule has 0 bridgehead atoms. The molecule has 1 aliphatic rings. The number of amides is 3. The Morgan fingerprint density at radius 3 is 2.26 bits per heavy atom. The van der Waals surface area contributed by atoms with Crippen molar-refractivity contribution in [2.45, 2.75) is 64.8 Å². The summed E-state index contributed by atoms with van der Waals surface area (Å²) in [5, 5.41) is 5.84. The third-order valence-electron chi connectivity index (χ3n) is 8.23. The molecule has 0 saturated carbocycles. The summed E-state index contributed by atoms with van der Waals surface area (Å²) < 4.78 is 35.0. The highest BCUT2D eigenvalue weighted by Gasteiger charge is 2.44. The fourth-order valence-electron chi connectivity index (χ4n) is 5.45. The van der Waals surface area contributed by atoms with Crippen LogP contribution in [-0.2, 0) is 23.1 Å². The summed E-state index contributed by atoms with van der Waals surface area (Å²) >= 11 is 0. The van der Waals surface area contributed by atoms with Crippen LogP contribution in [0.1, 0.15) is 50.2 Å². The van der Waals surface area contributed by atoms with Gasteiger partial charge in [-0.1, -0.05) is 32.9 Å². The fraction of sp³-hybridized carbons (Fsp3) is 0.471. The Morgan fingerprint density at radius 2 is 1.70 bits per heavy atom. The fourth-order valence-corrected chi connectivity index (χ4v) is 5.45. The van der Waals surface area contributed by atoms with Crippen LogP contribution in [0.3, 0.4) is 0 Å². The molecule has 0 aliphatic carbocycles. The van der Waals surface area contributed by atoms with Crippen molar-refractivity contribution in [3.63, 3.8) is 0 Å². The lowest BCUT2D eigenvalue weighted by Gasteiger charge is -2.37. The molecule has 46 heavy (non-hydrogen) atoms. The number of likely N-dealkylation sites (N-methyl/N-ethyl adjacent to an activating group) is 1. The molecule has 4 rings (SSSR count). The second kappa shape index (κ2) is 14.8. The number of rotatable bonds is 12. The number of ether oxygens (including phenoxy) is 1. The zero-order valence-electron chi connectivity index (χ0n) is 27.3. The molecule has 248 valence electrons. The molecule has 1 saturated heterocycles. The van der Waals surface area contributed by atoms with Crippen molar-refractivity contribution in [3.05, 3.63) is 83.9 Å². The van der Waals surface area contributed by atoms with E-state index in [4.69, 9.17) is 4.74 Å². The smallest absolute Gasteiger partial charge is 0.274 e. The average molecular weight is 639 g/mol. The summed E-state index contributed by atoms with van der Waals surface area (Å²) in [5.41, 5.74) is 0.482. The summed E-state index contributed by atoms with van der Waals surface area (Å²) in [5.74, 6) is -1.18. The van der Waals surface area contributed by atoms with Gasteiger partial charge < -0.3 is 29.7 Å². The van der Waals surface area contributed by atoms with Gasteiger partial charge in [-0.15, -0.1) is 0 Å². The van der Waals surface area contributed by atoms with Crippen LogP contribution < -0.4 is 15.4 Å². The first-order valence-electron chi connectivity index (χ1n) is 15.5. The van der Waals surface area contributed by atoms with Crippen LogP contribution in [-0.4, -0.2) is 88.0 Å². The molecule has 4 atom stereocenters. The second-order valence-corrected chi connectivity index (χ2v) is 12.9. The molecular formula is C34H44F2N6O4. The predicted octanol–water partition coefficient (Wildman–Crippen LogP) is 3.57. The van der Waals surface area contributed by atoms with E-state index in [9.17, 15) is 23.2 Å². The lowest BCUT2D eigenvalue weighted by molar-refractivity contribution is -0.141. The van der Waals surface area contributed by atoms with Crippen LogP contribution in [0, 0.1) is 17.0 Å². The largest absolute Gasteiger partial charge is 0.489 e. The van der Waals surface area contributed by atoms with Gasteiger partial charge in [0.15, 0.2) is 0 Å². The quantitative estimate of drug-likeness (QED) is 0.314. The maximum atomic E-state index is 14.4. The minimum atomic E-state index is -0.859. The molecule has 1 fully saturated rings. The van der Waals surface area contributed by atoms with Gasteiger partial charge in [0.1, 0.15) is 35.2 Å². The first-order valence-corrected chi connectivity index (χ1v) is 15.5. The first kappa shape index (κ1) is 34.6. The van der Waals surface area contributed by atoms with Gasteiger partial charge >= 0.3 is 0 Å². The van der Waals surface area contributed by atoms with Crippen molar-refractivity contribution in [1.29, 1.82) is 0 Å². The van der Waals surface area contributed by atoms with Crippen LogP contribution in [0.4, 0.5) is 8.78 Å². The lowest BCUT2D eigenvalue weighted by Crippen LogP contribution is -2.59. The van der Waals surface area contributed by atoms with E-state index in [2.05, 4.69) is 15.6 Å². The summed E-state index contributed by atoms with van der Waals surface area (Å²) in [6.07, 6.45) is 3.59. The highest BCUT2D eigenvalue weighted by molar-refractivity contribution is 5.92. The number of hydrogen-bond acceptors (Lipinski definition) is 6. The molecule has 12 heteroatoms. The average Bonchev–Trinajstić information content (AvgIpc) is 3.63. The molecule has 10 nitrogen and oxygen atoms in total. The van der Waals surface area contributed by atoms with E-state index in [0.29, 0.717) is 25.1 Å². The van der Waals surface area contributed by atoms with Gasteiger partial charge in [-0.25, -0.2) is 13.8 Å². The van der Waals surface area contributed by atoms with Crippen LogP contribution in [0.5, 0.6) is 5.75 Å². The van der Waals surface area contributed by atoms with Crippen LogP contribution >= 0.6 is 0 Å². The van der Waals surface area contributed by atoms with Gasteiger partial charge in [-0.3, -0.25) is 14.4 Å². The van der Waals surface area contributed by atoms with Crippen LogP contribution in [0.2, 0.25) is 0 Å². The Kier molecular flexibility index (Phi) is 11.2. The maximum Gasteiger partial charge on any atom is 0.274 e. The maximum absolute atomic E-state index is 14.4. The zero-order chi connectivity index (χ0) is 33.6. The molecule has 2 aromatic carbocycles. The molecule has 0 spiro atoms. The number of halogens is 2. The van der Waals surface area contributed by atoms with Gasteiger partial charge in [-0.05, 0) is 67.8 Å². The molecule has 2 heterocycles. The van der Waals surface area contributed by atoms with Gasteiger partial charge in [0.05, 0.1) is 25.0 Å². The Labute approximate surface area is 269 Å². The number of nitrogens with zero attached hydrogens (tertiary/aromatic N) is 4. The van der Waals surface area contributed by atoms with Crippen molar-refractivity contribution in [1.82, 2.24) is 30.0 Å². The van der Waals surface area contributed by atoms with Crippen LogP contribution in [0.15, 0.2) is 61.1 Å². The number of imidazole rings is 1. The van der Waals surface area contributed by atoms with Crippen molar-refractivity contribution < 1.29 is 27.9 Å². The molecule has 3 aromatic rings. The summed E-state index contributed by atoms with van der Waals surface area (Å²) in [4.78, 5) is 48.7. The minimum absolute atomic E-state index is 0.170. The number of carbonyl (C=O) groups is 3. The summed E-state index contributed by atoms with van der Waals surface area (Å²) in [6.45, 7) is 8.04. The van der Waals surface area contributed by atoms with Gasteiger partial charge in [-0.2, -0.15) is 0 Å². The van der Waals surface area contributed by atoms with Crippen molar-refractivity contribution in [3.8, 4) is 5.75 Å². The number of carbonyl (C=O) groups excluding carboxylic acids is 3. The highest BCUT2D eigenvalue weighted by atomic mass is 19.1. The molecule has 4 unspecified atom stereocenters. The highest BCUT2D eigenvalue weighted by Crippen LogP contribution is 2.29.